The van der Waals surface area contributed by atoms with Crippen LogP contribution in [0, 0.1) is 0 Å². The van der Waals surface area contributed by atoms with Gasteiger partial charge in [0.2, 0.25) is 11.8 Å². The first-order valence-corrected chi connectivity index (χ1v) is 6.87. The van der Waals surface area contributed by atoms with Gasteiger partial charge in [0.25, 0.3) is 5.91 Å². The summed E-state index contributed by atoms with van der Waals surface area (Å²) in [6.07, 6.45) is 0. The predicted molar refractivity (Wildman–Crippen MR) is 84.6 cm³/mol. The van der Waals surface area contributed by atoms with Crippen LogP contribution in [0.5, 0.6) is 0 Å². The van der Waals surface area contributed by atoms with E-state index in [0.717, 1.165) is 4.68 Å². The molecule has 120 valence electrons. The fourth-order valence-electron chi connectivity index (χ4n) is 2.20. The molecule has 0 aliphatic rings. The standard InChI is InChI=1S/C16H12N4O4/c17-13(21)10-6-7-11(14(18)22)12(8-10)20-16(23)24-15(19-20)9-4-2-1-3-5-9/h1-8H,(H2,17,21)(H2,18,22). The van der Waals surface area contributed by atoms with Crippen LogP contribution in [0.4, 0.5) is 0 Å². The van der Waals surface area contributed by atoms with Crippen LogP contribution in [0.15, 0.2) is 57.7 Å². The van der Waals surface area contributed by atoms with E-state index >= 15 is 0 Å². The summed E-state index contributed by atoms with van der Waals surface area (Å²) in [6.45, 7) is 0. The van der Waals surface area contributed by atoms with Crippen molar-refractivity contribution >= 4 is 11.8 Å². The smallest absolute Gasteiger partial charge is 0.387 e. The molecule has 0 atom stereocenters. The van der Waals surface area contributed by atoms with E-state index in [1.54, 1.807) is 30.3 Å². The number of aromatic nitrogens is 2. The summed E-state index contributed by atoms with van der Waals surface area (Å²) in [5, 5.41) is 4.07. The zero-order valence-electron chi connectivity index (χ0n) is 12.3. The van der Waals surface area contributed by atoms with E-state index in [-0.39, 0.29) is 22.7 Å². The Balaban J connectivity index is 2.20. The normalized spacial score (nSPS) is 10.5. The Bertz CT molecular complexity index is 989. The Morgan fingerprint density at radius 1 is 1.00 bits per heavy atom. The predicted octanol–water partition coefficient (Wildman–Crippen LogP) is 0.690. The summed E-state index contributed by atoms with van der Waals surface area (Å²) in [5.74, 6) is -2.25. The zero-order chi connectivity index (χ0) is 17.3. The molecular weight excluding hydrogens is 312 g/mol. The number of carbonyl (C=O) groups is 2. The summed E-state index contributed by atoms with van der Waals surface area (Å²) < 4.78 is 5.99. The molecule has 0 bridgehead atoms. The minimum absolute atomic E-state index is 0.00927. The topological polar surface area (TPSA) is 134 Å². The van der Waals surface area contributed by atoms with Gasteiger partial charge < -0.3 is 15.9 Å². The highest BCUT2D eigenvalue weighted by Gasteiger charge is 2.18. The lowest BCUT2D eigenvalue weighted by Gasteiger charge is -2.06. The molecule has 8 heteroatoms. The third kappa shape index (κ3) is 2.68. The lowest BCUT2D eigenvalue weighted by molar-refractivity contribution is 0.0988. The molecule has 3 rings (SSSR count). The SMILES string of the molecule is NC(=O)c1ccc(C(N)=O)c(-n2nc(-c3ccccc3)oc2=O)c1. The fraction of sp³-hybridized carbons (Fsp3) is 0. The van der Waals surface area contributed by atoms with Crippen molar-refractivity contribution in [2.24, 2.45) is 11.5 Å². The van der Waals surface area contributed by atoms with Crippen molar-refractivity contribution in [1.29, 1.82) is 0 Å². The van der Waals surface area contributed by atoms with Gasteiger partial charge in [0, 0.05) is 11.1 Å². The molecule has 2 amide bonds. The third-order valence-electron chi connectivity index (χ3n) is 3.34. The highest BCUT2D eigenvalue weighted by atomic mass is 16.4. The summed E-state index contributed by atoms with van der Waals surface area (Å²) in [5.41, 5.74) is 11.3. The first-order chi connectivity index (χ1) is 11.5. The third-order valence-corrected chi connectivity index (χ3v) is 3.34. The molecule has 0 aliphatic heterocycles. The van der Waals surface area contributed by atoms with Crippen LogP contribution >= 0.6 is 0 Å². The van der Waals surface area contributed by atoms with Gasteiger partial charge in [-0.2, -0.15) is 4.68 Å². The molecule has 8 nitrogen and oxygen atoms in total. The van der Waals surface area contributed by atoms with Gasteiger partial charge in [0.05, 0.1) is 11.3 Å². The van der Waals surface area contributed by atoms with Crippen LogP contribution in [0.1, 0.15) is 20.7 Å². The average molecular weight is 324 g/mol. The molecule has 2 aromatic carbocycles. The summed E-state index contributed by atoms with van der Waals surface area (Å²) >= 11 is 0. The number of carbonyl (C=O) groups excluding carboxylic acids is 2. The van der Waals surface area contributed by atoms with Crippen molar-refractivity contribution in [3.05, 3.63) is 70.2 Å². The second kappa shape index (κ2) is 5.84. The lowest BCUT2D eigenvalue weighted by atomic mass is 10.1. The lowest BCUT2D eigenvalue weighted by Crippen LogP contribution is -2.22. The van der Waals surface area contributed by atoms with Gasteiger partial charge in [-0.1, -0.05) is 18.2 Å². The molecule has 0 aliphatic carbocycles. The Hall–Kier alpha value is -3.68. The fourth-order valence-corrected chi connectivity index (χ4v) is 2.20. The van der Waals surface area contributed by atoms with E-state index in [1.807, 2.05) is 0 Å². The van der Waals surface area contributed by atoms with Crippen LogP contribution in [0.3, 0.4) is 0 Å². The molecule has 1 heterocycles. The number of nitrogens with two attached hydrogens (primary N) is 2. The highest BCUT2D eigenvalue weighted by molar-refractivity contribution is 5.99. The van der Waals surface area contributed by atoms with Crippen LogP contribution in [-0.2, 0) is 0 Å². The van der Waals surface area contributed by atoms with E-state index in [0.29, 0.717) is 5.56 Å². The number of amides is 2. The minimum atomic E-state index is -0.821. The van der Waals surface area contributed by atoms with Gasteiger partial charge >= 0.3 is 5.76 Å². The van der Waals surface area contributed by atoms with E-state index < -0.39 is 17.6 Å². The van der Waals surface area contributed by atoms with E-state index in [1.165, 1.54) is 18.2 Å². The van der Waals surface area contributed by atoms with Crippen LogP contribution in [-0.4, -0.2) is 21.6 Å². The molecule has 0 fully saturated rings. The van der Waals surface area contributed by atoms with Crippen LogP contribution < -0.4 is 17.2 Å². The number of hydrogen-bond acceptors (Lipinski definition) is 5. The molecule has 1 aromatic heterocycles. The van der Waals surface area contributed by atoms with Gasteiger partial charge in [0.15, 0.2) is 0 Å². The van der Waals surface area contributed by atoms with Gasteiger partial charge in [-0.3, -0.25) is 9.59 Å². The van der Waals surface area contributed by atoms with Crippen molar-refractivity contribution in [2.75, 3.05) is 0 Å². The molecule has 0 spiro atoms. The van der Waals surface area contributed by atoms with Crippen LogP contribution in [0.2, 0.25) is 0 Å². The molecule has 3 aromatic rings. The van der Waals surface area contributed by atoms with Crippen molar-refractivity contribution in [3.8, 4) is 17.1 Å². The Morgan fingerprint density at radius 2 is 1.71 bits per heavy atom. The van der Waals surface area contributed by atoms with E-state index in [9.17, 15) is 14.4 Å². The van der Waals surface area contributed by atoms with Gasteiger partial charge in [-0.05, 0) is 30.3 Å². The highest BCUT2D eigenvalue weighted by Crippen LogP contribution is 2.19. The van der Waals surface area contributed by atoms with Crippen LogP contribution in [0.25, 0.3) is 17.1 Å². The van der Waals surface area contributed by atoms with E-state index in [2.05, 4.69) is 5.10 Å². The number of rotatable bonds is 4. The molecule has 0 saturated heterocycles. The quantitative estimate of drug-likeness (QED) is 0.728. The Kier molecular flexibility index (Phi) is 3.70. The number of nitrogens with zero attached hydrogens (tertiary/aromatic N) is 2. The molecule has 0 saturated carbocycles. The largest absolute Gasteiger partial charge is 0.442 e. The molecule has 0 radical (unpaired) electrons. The number of benzene rings is 2. The van der Waals surface area contributed by atoms with E-state index in [4.69, 9.17) is 15.9 Å². The second-order valence-corrected chi connectivity index (χ2v) is 4.91. The zero-order valence-corrected chi connectivity index (χ0v) is 12.3. The van der Waals surface area contributed by atoms with Gasteiger partial charge in [0.1, 0.15) is 0 Å². The summed E-state index contributed by atoms with van der Waals surface area (Å²) in [6, 6.07) is 12.7. The van der Waals surface area contributed by atoms with Crippen molar-refractivity contribution < 1.29 is 14.0 Å². The first-order valence-electron chi connectivity index (χ1n) is 6.87. The summed E-state index contributed by atoms with van der Waals surface area (Å²) in [4.78, 5) is 35.1. The maximum absolute atomic E-state index is 12.1. The number of hydrogen-bond donors (Lipinski definition) is 2. The van der Waals surface area contributed by atoms with Crippen molar-refractivity contribution in [2.45, 2.75) is 0 Å². The van der Waals surface area contributed by atoms with Gasteiger partial charge in [-0.25, -0.2) is 4.79 Å². The number of primary amides is 2. The monoisotopic (exact) mass is 324 g/mol. The average Bonchev–Trinajstić information content (AvgIpc) is 2.96. The maximum atomic E-state index is 12.1. The summed E-state index contributed by atoms with van der Waals surface area (Å²) in [7, 11) is 0. The van der Waals surface area contributed by atoms with Gasteiger partial charge in [-0.15, -0.1) is 5.10 Å². The second-order valence-electron chi connectivity index (χ2n) is 4.91. The maximum Gasteiger partial charge on any atom is 0.442 e. The van der Waals surface area contributed by atoms with Crippen molar-refractivity contribution in [1.82, 2.24) is 9.78 Å². The minimum Gasteiger partial charge on any atom is -0.387 e. The molecule has 24 heavy (non-hydrogen) atoms. The first kappa shape index (κ1) is 15.2. The molecule has 4 N–H and O–H groups in total. The Morgan fingerprint density at radius 3 is 2.33 bits per heavy atom. The van der Waals surface area contributed by atoms with Crippen molar-refractivity contribution in [3.63, 3.8) is 0 Å². The molecule has 0 unspecified atom stereocenters. The molecular formula is C16H12N4O4. The Labute approximate surface area is 135 Å².